The third kappa shape index (κ3) is 30.3. The molecular formula is C52H92N20O15. The number of imidazole rings is 1. The molecule has 1 heterocycles. The first-order valence-corrected chi connectivity index (χ1v) is 28.4. The van der Waals surface area contributed by atoms with E-state index in [0.29, 0.717) is 18.5 Å². The number of aliphatic hydroxyl groups is 2. The summed E-state index contributed by atoms with van der Waals surface area (Å²) in [6.45, 7) is 9.62. The van der Waals surface area contributed by atoms with Crippen LogP contribution in [0.2, 0.25) is 0 Å². The van der Waals surface area contributed by atoms with Gasteiger partial charge in [-0.1, -0.05) is 27.7 Å². The first-order chi connectivity index (χ1) is 40.8. The van der Waals surface area contributed by atoms with Crippen molar-refractivity contribution in [1.82, 2.24) is 63.1 Å². The lowest BCUT2D eigenvalue weighted by atomic mass is 9.99. The largest absolute Gasteiger partial charge is 0.481 e. The third-order valence-corrected chi connectivity index (χ3v) is 12.9. The average Bonchev–Trinajstić information content (AvgIpc) is 3.28. The zero-order valence-electron chi connectivity index (χ0n) is 50.3. The van der Waals surface area contributed by atoms with Gasteiger partial charge in [0.15, 0.2) is 11.9 Å². The second-order valence-electron chi connectivity index (χ2n) is 21.4. The summed E-state index contributed by atoms with van der Waals surface area (Å²) in [6.07, 6.45) is 0.186. The fourth-order valence-electron chi connectivity index (χ4n) is 8.31. The number of guanidine groups is 2. The van der Waals surface area contributed by atoms with Gasteiger partial charge in [-0.25, -0.2) is 4.98 Å². The molecule has 0 aliphatic heterocycles. The molecule has 11 amide bonds. The van der Waals surface area contributed by atoms with Crippen LogP contribution in [0.1, 0.15) is 118 Å². The number of hydrogen-bond acceptors (Lipinski definition) is 18. The lowest BCUT2D eigenvalue weighted by Gasteiger charge is -2.30. The number of hydrogen-bond donors (Lipinski definition) is 20. The molecule has 26 N–H and O–H groups in total. The molecule has 0 saturated heterocycles. The molecule has 0 spiro atoms. The number of carbonyl (C=O) groups is 12. The number of nitrogens with two attached hydrogens (primary N) is 6. The molecule has 0 aliphatic rings. The summed E-state index contributed by atoms with van der Waals surface area (Å²) < 4.78 is 0. The number of carboxylic acids is 1. The monoisotopic (exact) mass is 1240 g/mol. The minimum Gasteiger partial charge on any atom is -0.481 e. The molecule has 0 fully saturated rings. The van der Waals surface area contributed by atoms with Crippen LogP contribution in [0, 0.1) is 11.8 Å². The van der Waals surface area contributed by atoms with Crippen molar-refractivity contribution in [3.63, 3.8) is 0 Å². The van der Waals surface area contributed by atoms with Crippen molar-refractivity contribution < 1.29 is 72.9 Å². The highest BCUT2D eigenvalue weighted by Gasteiger charge is 2.37. The van der Waals surface area contributed by atoms with Crippen LogP contribution in [0.15, 0.2) is 22.5 Å². The average molecular weight is 1240 g/mol. The fourth-order valence-corrected chi connectivity index (χ4v) is 8.31. The van der Waals surface area contributed by atoms with Crippen molar-refractivity contribution in [2.75, 3.05) is 26.2 Å². The molecule has 490 valence electrons. The highest BCUT2D eigenvalue weighted by atomic mass is 16.4. The Bertz CT molecular complexity index is 2510. The number of carbonyl (C=O) groups excluding carboxylic acids is 11. The van der Waals surface area contributed by atoms with Crippen LogP contribution in [0.5, 0.6) is 0 Å². The Balaban J connectivity index is 3.63. The second kappa shape index (κ2) is 39.8. The maximum Gasteiger partial charge on any atom is 0.303 e. The number of aliphatic imine (C=N–C) groups is 2. The van der Waals surface area contributed by atoms with Gasteiger partial charge in [0.1, 0.15) is 60.4 Å². The normalized spacial score (nSPS) is 14.9. The molecule has 0 saturated carbocycles. The Kier molecular flexibility index (Phi) is 34.9. The van der Waals surface area contributed by atoms with E-state index in [0.717, 1.165) is 6.92 Å². The van der Waals surface area contributed by atoms with E-state index in [1.54, 1.807) is 13.8 Å². The van der Waals surface area contributed by atoms with Gasteiger partial charge in [0.2, 0.25) is 65.0 Å². The van der Waals surface area contributed by atoms with Crippen molar-refractivity contribution in [1.29, 1.82) is 0 Å². The number of aliphatic hydroxyl groups excluding tert-OH is 2. The number of unbranched alkanes of at least 4 members (excludes halogenated alkanes) is 1. The van der Waals surface area contributed by atoms with Crippen molar-refractivity contribution in [2.24, 2.45) is 56.2 Å². The van der Waals surface area contributed by atoms with E-state index >= 15 is 0 Å². The SMILES string of the molecule is CC(=O)N[C@@H](C)C(=O)N[C@@H](CCCN=C(N)N)C(=O)N[C@H](C(=O)N[C@@H](CCC(=O)O)C(=O)N[C@H](C(=O)N[C@@H](Cc1cnc[nH]1)C(=O)N[C@@H](CC(C)C)C(=O)N[C@@H](CCCN=C(N)N)C(=O)N[C@@H](CCCCN)C(=O)N[C@@H](CO)C(N)=O)C(C)C)[C@@H](C)O. The Morgan fingerprint density at radius 2 is 0.966 bits per heavy atom. The second-order valence-corrected chi connectivity index (χ2v) is 21.4. The number of carboxylic acid groups (broad SMARTS) is 1. The number of aliphatic carboxylic acids is 1. The maximum absolute atomic E-state index is 14.5. The van der Waals surface area contributed by atoms with Crippen LogP contribution < -0.4 is 87.6 Å². The number of aromatic amines is 1. The van der Waals surface area contributed by atoms with E-state index in [-0.39, 0.29) is 82.4 Å². The van der Waals surface area contributed by atoms with Gasteiger partial charge in [0.25, 0.3) is 0 Å². The molecule has 0 unspecified atom stereocenters. The Morgan fingerprint density at radius 3 is 1.40 bits per heavy atom. The van der Waals surface area contributed by atoms with Gasteiger partial charge in [-0.3, -0.25) is 67.5 Å². The maximum atomic E-state index is 14.5. The predicted octanol–water partition coefficient (Wildman–Crippen LogP) is -7.50. The number of aromatic nitrogens is 2. The number of rotatable bonds is 42. The van der Waals surface area contributed by atoms with E-state index in [9.17, 15) is 72.9 Å². The van der Waals surface area contributed by atoms with Crippen LogP contribution in [0.4, 0.5) is 0 Å². The van der Waals surface area contributed by atoms with Crippen molar-refractivity contribution in [3.8, 4) is 0 Å². The predicted molar refractivity (Wildman–Crippen MR) is 315 cm³/mol. The van der Waals surface area contributed by atoms with E-state index in [2.05, 4.69) is 73.1 Å². The first-order valence-electron chi connectivity index (χ1n) is 28.4. The molecule has 11 atom stereocenters. The molecule has 1 aromatic rings. The minimum atomic E-state index is -1.84. The van der Waals surface area contributed by atoms with Crippen LogP contribution in [0.25, 0.3) is 0 Å². The van der Waals surface area contributed by atoms with E-state index < -0.39 is 163 Å². The van der Waals surface area contributed by atoms with E-state index in [1.165, 1.54) is 40.2 Å². The minimum absolute atomic E-state index is 0.0113. The molecular weight excluding hydrogens is 1140 g/mol. The van der Waals surface area contributed by atoms with E-state index in [4.69, 9.17) is 34.4 Å². The number of primary amides is 1. The van der Waals surface area contributed by atoms with Gasteiger partial charge in [-0.05, 0) is 90.0 Å². The number of nitrogens with one attached hydrogen (secondary N) is 11. The number of nitrogens with zero attached hydrogens (tertiary/aromatic N) is 3. The summed E-state index contributed by atoms with van der Waals surface area (Å²) >= 11 is 0. The first kappa shape index (κ1) is 76.3. The van der Waals surface area contributed by atoms with Crippen LogP contribution in [-0.4, -0.2) is 201 Å². The molecule has 35 heteroatoms. The summed E-state index contributed by atoms with van der Waals surface area (Å²) in [4.78, 5) is 175. The summed E-state index contributed by atoms with van der Waals surface area (Å²) in [5, 5.41) is 54.8. The number of H-pyrrole nitrogens is 1. The van der Waals surface area contributed by atoms with Gasteiger partial charge in [0, 0.05) is 44.7 Å². The lowest BCUT2D eigenvalue weighted by Crippen LogP contribution is -2.62. The highest BCUT2D eigenvalue weighted by molar-refractivity contribution is 5.99. The highest BCUT2D eigenvalue weighted by Crippen LogP contribution is 2.13. The van der Waals surface area contributed by atoms with Gasteiger partial charge < -0.3 is 108 Å². The standard InChI is InChI=1S/C52H92N20O15/c1-25(2)20-35(47(84)66-32(13-10-18-60-51(55)56)43(80)65-31(12-8-9-17-53)44(81)70-37(23-73)41(54)78)68-48(85)36(21-30-22-59-24-62-30)69-49(86)39(26(3)4)71-46(83)34(15-16-38(76)77)67-50(87)40(28(6)74)72-45(82)33(14-11-19-61-52(57)58)64-42(79)27(5)63-29(7)75/h22,24-28,31-37,39-40,73-74H,8-21,23,53H2,1-7H3,(H2,54,78)(H,59,62)(H,63,75)(H,64,79)(H,65,80)(H,66,84)(H,67,87)(H,68,85)(H,69,86)(H,70,81)(H,71,83)(H,72,82)(H,76,77)(H4,55,56,60)(H4,57,58,61)/t27-,28+,31-,32-,33-,34-,35-,36-,37-,39-,40-/m0/s1. The van der Waals surface area contributed by atoms with Gasteiger partial charge >= 0.3 is 5.97 Å². The quantitative estimate of drug-likeness (QED) is 0.0164. The van der Waals surface area contributed by atoms with Gasteiger partial charge in [-0.15, -0.1) is 0 Å². The summed E-state index contributed by atoms with van der Waals surface area (Å²) in [7, 11) is 0. The zero-order valence-corrected chi connectivity index (χ0v) is 50.3. The Labute approximate surface area is 503 Å². The Hall–Kier alpha value is -8.73. The zero-order chi connectivity index (χ0) is 66.1. The van der Waals surface area contributed by atoms with Gasteiger partial charge in [-0.2, -0.15) is 0 Å². The molecule has 35 nitrogen and oxygen atoms in total. The van der Waals surface area contributed by atoms with Crippen LogP contribution in [-0.2, 0) is 64.0 Å². The third-order valence-electron chi connectivity index (χ3n) is 12.9. The molecule has 0 aliphatic carbocycles. The molecule has 0 bridgehead atoms. The molecule has 87 heavy (non-hydrogen) atoms. The fraction of sp³-hybridized carbons (Fsp3) is 0.673. The van der Waals surface area contributed by atoms with Crippen molar-refractivity contribution in [2.45, 2.75) is 186 Å². The molecule has 0 aromatic carbocycles. The molecule has 0 radical (unpaired) electrons. The summed E-state index contributed by atoms with van der Waals surface area (Å²) in [5.41, 5.74) is 33.1. The smallest absolute Gasteiger partial charge is 0.303 e. The van der Waals surface area contributed by atoms with Crippen molar-refractivity contribution in [3.05, 3.63) is 18.2 Å². The summed E-state index contributed by atoms with van der Waals surface area (Å²) in [6, 6.07) is -14.7. The van der Waals surface area contributed by atoms with E-state index in [1.807, 2.05) is 0 Å². The lowest BCUT2D eigenvalue weighted by molar-refractivity contribution is -0.139. The Morgan fingerprint density at radius 1 is 0.540 bits per heavy atom. The van der Waals surface area contributed by atoms with Crippen LogP contribution in [0.3, 0.4) is 0 Å². The molecule has 1 rings (SSSR count). The molecule has 1 aromatic heterocycles. The summed E-state index contributed by atoms with van der Waals surface area (Å²) in [5.74, 6) is -13.1. The van der Waals surface area contributed by atoms with Gasteiger partial charge in [0.05, 0.1) is 19.0 Å². The topological polar surface area (TPSA) is 595 Å². The van der Waals surface area contributed by atoms with Crippen molar-refractivity contribution >= 4 is 82.9 Å². The van der Waals surface area contributed by atoms with Crippen LogP contribution >= 0.6 is 0 Å². The number of amides is 11.